The lowest BCUT2D eigenvalue weighted by atomic mass is 9.92. The Bertz CT molecular complexity index is 623. The van der Waals surface area contributed by atoms with Gasteiger partial charge in [-0.15, -0.1) is 0 Å². The van der Waals surface area contributed by atoms with Gasteiger partial charge in [0.2, 0.25) is 0 Å². The lowest BCUT2D eigenvalue weighted by Gasteiger charge is -2.23. The monoisotopic (exact) mass is 413 g/mol. The third-order valence-electron chi connectivity index (χ3n) is 3.83. The van der Waals surface area contributed by atoms with E-state index >= 15 is 0 Å². The summed E-state index contributed by atoms with van der Waals surface area (Å²) in [7, 11) is 0. The van der Waals surface area contributed by atoms with Crippen molar-refractivity contribution in [3.63, 3.8) is 0 Å². The third-order valence-corrected chi connectivity index (χ3v) is 5.04. The summed E-state index contributed by atoms with van der Waals surface area (Å²) in [6.45, 7) is 7.54. The van der Waals surface area contributed by atoms with Crippen LogP contribution in [0, 0.1) is 17.4 Å². The van der Waals surface area contributed by atoms with Crippen LogP contribution >= 0.6 is 34.2 Å². The zero-order chi connectivity index (χ0) is 15.4. The van der Waals surface area contributed by atoms with Crippen molar-refractivity contribution in [1.29, 1.82) is 0 Å². The molecule has 21 heavy (non-hydrogen) atoms. The van der Waals surface area contributed by atoms with Crippen LogP contribution in [0.1, 0.15) is 41.6 Å². The largest absolute Gasteiger partial charge is 0.306 e. The van der Waals surface area contributed by atoms with Crippen LogP contribution in [0.5, 0.6) is 0 Å². The van der Waals surface area contributed by atoms with Gasteiger partial charge in [0.05, 0.1) is 6.04 Å². The second kappa shape index (κ2) is 7.61. The summed E-state index contributed by atoms with van der Waals surface area (Å²) in [4.78, 5) is 0. The molecule has 1 nitrogen and oxygen atoms in total. The molecule has 0 spiro atoms. The van der Waals surface area contributed by atoms with Gasteiger partial charge in [0.25, 0.3) is 0 Å². The second-order valence-corrected chi connectivity index (χ2v) is 6.94. The van der Waals surface area contributed by atoms with Crippen LogP contribution in [0.4, 0.5) is 0 Å². The van der Waals surface area contributed by atoms with E-state index in [9.17, 15) is 0 Å². The van der Waals surface area contributed by atoms with Crippen molar-refractivity contribution < 1.29 is 0 Å². The van der Waals surface area contributed by atoms with Gasteiger partial charge in [-0.05, 0) is 89.9 Å². The summed E-state index contributed by atoms with van der Waals surface area (Å²) in [5.41, 5.74) is 5.27. The predicted octanol–water partition coefficient (Wildman–Crippen LogP) is 5.65. The minimum absolute atomic E-state index is 0.190. The highest BCUT2D eigenvalue weighted by molar-refractivity contribution is 14.1. The van der Waals surface area contributed by atoms with Crippen LogP contribution in [0.3, 0.4) is 0 Å². The Kier molecular flexibility index (Phi) is 6.08. The number of rotatable bonds is 5. The summed E-state index contributed by atoms with van der Waals surface area (Å²) in [5.74, 6) is 0. The van der Waals surface area contributed by atoms with Crippen molar-refractivity contribution >= 4 is 34.2 Å². The summed E-state index contributed by atoms with van der Waals surface area (Å²) in [6, 6.07) is 12.8. The van der Waals surface area contributed by atoms with E-state index in [-0.39, 0.29) is 6.04 Å². The standard InChI is InChI=1S/C18H21ClIN/c1-4-10-21-18(15-7-5-6-12(2)13(15)3)16-11-14(19)8-9-17(16)20/h5-9,11,18,21H,4,10H2,1-3H3. The fraction of sp³-hybridized carbons (Fsp3) is 0.333. The Labute approximate surface area is 146 Å². The molecular weight excluding hydrogens is 393 g/mol. The Balaban J connectivity index is 2.52. The average Bonchev–Trinajstić information content (AvgIpc) is 2.47. The molecule has 0 bridgehead atoms. The summed E-state index contributed by atoms with van der Waals surface area (Å²) in [5, 5.41) is 4.47. The lowest BCUT2D eigenvalue weighted by molar-refractivity contribution is 0.594. The molecule has 1 unspecified atom stereocenters. The van der Waals surface area contributed by atoms with Gasteiger partial charge in [0.1, 0.15) is 0 Å². The quantitative estimate of drug-likeness (QED) is 0.625. The number of halogens is 2. The first kappa shape index (κ1) is 16.8. The SMILES string of the molecule is CCCNC(c1cc(Cl)ccc1I)c1cccc(C)c1C. The molecule has 1 atom stereocenters. The minimum atomic E-state index is 0.190. The Morgan fingerprint density at radius 1 is 1.14 bits per heavy atom. The van der Waals surface area contributed by atoms with E-state index < -0.39 is 0 Å². The molecule has 0 aliphatic rings. The highest BCUT2D eigenvalue weighted by Crippen LogP contribution is 2.31. The molecule has 0 amide bonds. The summed E-state index contributed by atoms with van der Waals surface area (Å²) in [6.07, 6.45) is 1.11. The molecular formula is C18H21ClIN. The van der Waals surface area contributed by atoms with Crippen molar-refractivity contribution in [1.82, 2.24) is 5.32 Å². The van der Waals surface area contributed by atoms with Crippen LogP contribution < -0.4 is 5.32 Å². The fourth-order valence-electron chi connectivity index (χ4n) is 2.50. The highest BCUT2D eigenvalue weighted by atomic mass is 127. The first-order valence-electron chi connectivity index (χ1n) is 7.29. The Morgan fingerprint density at radius 2 is 1.90 bits per heavy atom. The summed E-state index contributed by atoms with van der Waals surface area (Å²) < 4.78 is 1.24. The Morgan fingerprint density at radius 3 is 2.62 bits per heavy atom. The van der Waals surface area contributed by atoms with E-state index in [1.807, 2.05) is 6.07 Å². The van der Waals surface area contributed by atoms with Crippen LogP contribution in [-0.4, -0.2) is 6.54 Å². The van der Waals surface area contributed by atoms with E-state index in [4.69, 9.17) is 11.6 Å². The number of benzene rings is 2. The summed E-state index contributed by atoms with van der Waals surface area (Å²) >= 11 is 8.61. The van der Waals surface area contributed by atoms with Crippen molar-refractivity contribution in [2.75, 3.05) is 6.54 Å². The number of aryl methyl sites for hydroxylation is 1. The molecule has 0 saturated heterocycles. The maximum absolute atomic E-state index is 6.22. The fourth-order valence-corrected chi connectivity index (χ4v) is 3.33. The van der Waals surface area contributed by atoms with Crippen LogP contribution in [0.15, 0.2) is 36.4 Å². The van der Waals surface area contributed by atoms with Gasteiger partial charge < -0.3 is 5.32 Å². The Hall–Kier alpha value is -0.580. The maximum Gasteiger partial charge on any atom is 0.0590 e. The topological polar surface area (TPSA) is 12.0 Å². The van der Waals surface area contributed by atoms with Gasteiger partial charge in [0, 0.05) is 8.59 Å². The van der Waals surface area contributed by atoms with Gasteiger partial charge >= 0.3 is 0 Å². The smallest absolute Gasteiger partial charge is 0.0590 e. The van der Waals surface area contributed by atoms with E-state index in [1.165, 1.54) is 25.8 Å². The third kappa shape index (κ3) is 3.99. The normalized spacial score (nSPS) is 12.4. The molecule has 0 fully saturated rings. The number of nitrogens with one attached hydrogen (secondary N) is 1. The predicted molar refractivity (Wildman–Crippen MR) is 100 cm³/mol. The van der Waals surface area contributed by atoms with Crippen LogP contribution in [0.25, 0.3) is 0 Å². The molecule has 0 aromatic heterocycles. The molecule has 3 heteroatoms. The molecule has 0 aliphatic carbocycles. The van der Waals surface area contributed by atoms with Gasteiger partial charge in [-0.25, -0.2) is 0 Å². The van der Waals surface area contributed by atoms with Crippen molar-refractivity contribution in [2.45, 2.75) is 33.2 Å². The molecule has 0 saturated carbocycles. The van der Waals surface area contributed by atoms with E-state index in [0.29, 0.717) is 0 Å². The molecule has 2 rings (SSSR count). The van der Waals surface area contributed by atoms with Gasteiger partial charge in [-0.3, -0.25) is 0 Å². The lowest BCUT2D eigenvalue weighted by Crippen LogP contribution is -2.25. The van der Waals surface area contributed by atoms with Crippen molar-refractivity contribution in [2.24, 2.45) is 0 Å². The molecule has 112 valence electrons. The average molecular weight is 414 g/mol. The van der Waals surface area contributed by atoms with Crippen molar-refractivity contribution in [3.8, 4) is 0 Å². The molecule has 0 aliphatic heterocycles. The molecule has 1 N–H and O–H groups in total. The number of hydrogen-bond acceptors (Lipinski definition) is 1. The van der Waals surface area contributed by atoms with Gasteiger partial charge in [-0.1, -0.05) is 36.7 Å². The zero-order valence-electron chi connectivity index (χ0n) is 12.7. The van der Waals surface area contributed by atoms with E-state index in [0.717, 1.165) is 18.0 Å². The van der Waals surface area contributed by atoms with E-state index in [1.54, 1.807) is 0 Å². The first-order chi connectivity index (χ1) is 10.0. The molecule has 0 heterocycles. The highest BCUT2D eigenvalue weighted by Gasteiger charge is 2.18. The van der Waals surface area contributed by atoms with Crippen LogP contribution in [-0.2, 0) is 0 Å². The van der Waals surface area contributed by atoms with Crippen LogP contribution in [0.2, 0.25) is 5.02 Å². The molecule has 2 aromatic carbocycles. The molecule has 2 aromatic rings. The van der Waals surface area contributed by atoms with Gasteiger partial charge in [-0.2, -0.15) is 0 Å². The van der Waals surface area contributed by atoms with E-state index in [2.05, 4.69) is 79.0 Å². The first-order valence-corrected chi connectivity index (χ1v) is 8.74. The zero-order valence-corrected chi connectivity index (χ0v) is 15.6. The molecule has 0 radical (unpaired) electrons. The minimum Gasteiger partial charge on any atom is -0.306 e. The number of hydrogen-bond donors (Lipinski definition) is 1. The maximum atomic E-state index is 6.22. The van der Waals surface area contributed by atoms with Gasteiger partial charge in [0.15, 0.2) is 0 Å². The second-order valence-electron chi connectivity index (χ2n) is 5.34. The van der Waals surface area contributed by atoms with Crippen molar-refractivity contribution in [3.05, 3.63) is 67.2 Å².